The van der Waals surface area contributed by atoms with Crippen LogP contribution in [0.3, 0.4) is 0 Å². The monoisotopic (exact) mass is 186 g/mol. The van der Waals surface area contributed by atoms with Crippen molar-refractivity contribution < 1.29 is 4.79 Å². The van der Waals surface area contributed by atoms with Crippen molar-refractivity contribution in [2.75, 3.05) is 20.1 Å². The Bertz CT molecular complexity index is 210. The zero-order chi connectivity index (χ0) is 9.40. The second-order valence-corrected chi connectivity index (χ2v) is 2.28. The summed E-state index contributed by atoms with van der Waals surface area (Å²) in [4.78, 5) is 10.8. The first-order valence-corrected chi connectivity index (χ1v) is 3.70. The van der Waals surface area contributed by atoms with Crippen LogP contribution in [-0.2, 0) is 4.79 Å². The van der Waals surface area contributed by atoms with Gasteiger partial charge >= 0.3 is 0 Å². The smallest absolute Gasteiger partial charge is 0.240 e. The van der Waals surface area contributed by atoms with Gasteiger partial charge in [0.2, 0.25) is 5.91 Å². The van der Waals surface area contributed by atoms with Crippen LogP contribution in [0.15, 0.2) is 0 Å². The van der Waals surface area contributed by atoms with Crippen molar-refractivity contribution in [2.45, 2.75) is 0 Å². The molecule has 0 saturated heterocycles. The fraction of sp³-hybridized carbons (Fsp3) is 0.500. The quantitative estimate of drug-likeness (QED) is 0.378. The number of carbonyl (C=O) groups excluding carboxylic acids is 1. The number of thiocarbonyl (C=S) groups is 1. The average molecular weight is 186 g/mol. The Morgan fingerprint density at radius 2 is 2.25 bits per heavy atom. The van der Waals surface area contributed by atoms with Crippen LogP contribution in [0.2, 0.25) is 0 Å². The van der Waals surface area contributed by atoms with Crippen LogP contribution in [0.1, 0.15) is 0 Å². The van der Waals surface area contributed by atoms with Gasteiger partial charge in [-0.1, -0.05) is 0 Å². The third-order valence-electron chi connectivity index (χ3n) is 1.00. The summed E-state index contributed by atoms with van der Waals surface area (Å²) in [6.07, 6.45) is 0. The molecule has 0 aliphatic rings. The summed E-state index contributed by atoms with van der Waals surface area (Å²) < 4.78 is 0. The molecule has 5 nitrogen and oxygen atoms in total. The van der Waals surface area contributed by atoms with Gasteiger partial charge in [-0.3, -0.25) is 4.79 Å². The lowest BCUT2D eigenvalue weighted by Gasteiger charge is -2.05. The summed E-state index contributed by atoms with van der Waals surface area (Å²) in [5, 5.41) is 16.2. The topological polar surface area (TPSA) is 76.9 Å². The molecule has 0 heterocycles. The van der Waals surface area contributed by atoms with Crippen LogP contribution >= 0.6 is 12.2 Å². The van der Waals surface area contributed by atoms with Gasteiger partial charge in [0.15, 0.2) is 5.11 Å². The molecular weight excluding hydrogens is 176 g/mol. The van der Waals surface area contributed by atoms with Crippen LogP contribution < -0.4 is 16.0 Å². The number of nitriles is 1. The van der Waals surface area contributed by atoms with Gasteiger partial charge in [-0.2, -0.15) is 5.26 Å². The minimum atomic E-state index is -0.255. The lowest BCUT2D eigenvalue weighted by molar-refractivity contribution is -0.119. The average Bonchev–Trinajstić information content (AvgIpc) is 2.10. The second kappa shape index (κ2) is 6.37. The molecule has 66 valence electrons. The van der Waals surface area contributed by atoms with Gasteiger partial charge in [0.25, 0.3) is 0 Å². The Morgan fingerprint density at radius 3 is 2.75 bits per heavy atom. The Kier molecular flexibility index (Phi) is 5.65. The first kappa shape index (κ1) is 10.7. The molecule has 3 N–H and O–H groups in total. The van der Waals surface area contributed by atoms with Crippen LogP contribution in [0.4, 0.5) is 0 Å². The molecule has 12 heavy (non-hydrogen) atoms. The molecule has 6 heteroatoms. The maximum Gasteiger partial charge on any atom is 0.240 e. The van der Waals surface area contributed by atoms with Gasteiger partial charge in [-0.05, 0) is 12.2 Å². The number of hydrogen-bond acceptors (Lipinski definition) is 3. The highest BCUT2D eigenvalue weighted by Gasteiger charge is 1.99. The van der Waals surface area contributed by atoms with Crippen LogP contribution in [0.25, 0.3) is 0 Å². The molecule has 1 amide bonds. The van der Waals surface area contributed by atoms with E-state index in [4.69, 9.17) is 17.5 Å². The molecule has 0 bridgehead atoms. The van der Waals surface area contributed by atoms with Crippen molar-refractivity contribution in [3.8, 4) is 6.07 Å². The van der Waals surface area contributed by atoms with Gasteiger partial charge in [-0.25, -0.2) is 0 Å². The third kappa shape index (κ3) is 5.44. The van der Waals surface area contributed by atoms with E-state index in [2.05, 4.69) is 16.0 Å². The zero-order valence-electron chi connectivity index (χ0n) is 6.68. The molecule has 0 aromatic rings. The maximum absolute atomic E-state index is 10.8. The summed E-state index contributed by atoms with van der Waals surface area (Å²) in [5.74, 6) is -0.255. The highest BCUT2D eigenvalue weighted by molar-refractivity contribution is 7.80. The zero-order valence-corrected chi connectivity index (χ0v) is 7.49. The van der Waals surface area contributed by atoms with Gasteiger partial charge in [0.05, 0.1) is 12.6 Å². The second-order valence-electron chi connectivity index (χ2n) is 1.87. The first-order valence-electron chi connectivity index (χ1n) is 3.30. The summed E-state index contributed by atoms with van der Waals surface area (Å²) in [7, 11) is 1.66. The van der Waals surface area contributed by atoms with E-state index in [1.807, 2.05) is 0 Å². The maximum atomic E-state index is 10.8. The highest BCUT2D eigenvalue weighted by atomic mass is 32.1. The Hall–Kier alpha value is -1.35. The van der Waals surface area contributed by atoms with E-state index in [1.54, 1.807) is 13.1 Å². The molecule has 0 aromatic heterocycles. The van der Waals surface area contributed by atoms with Crippen molar-refractivity contribution >= 4 is 23.2 Å². The van der Waals surface area contributed by atoms with E-state index in [9.17, 15) is 4.79 Å². The van der Waals surface area contributed by atoms with Crippen LogP contribution in [-0.4, -0.2) is 31.2 Å². The van der Waals surface area contributed by atoms with E-state index in [-0.39, 0.29) is 19.0 Å². The van der Waals surface area contributed by atoms with Gasteiger partial charge < -0.3 is 16.0 Å². The minimum Gasteiger partial charge on any atom is -0.366 e. The molecule has 0 spiro atoms. The molecule has 0 aliphatic heterocycles. The number of hydrogen-bond donors (Lipinski definition) is 3. The molecular formula is C6H10N4OS. The summed E-state index contributed by atoms with van der Waals surface area (Å²) in [6, 6.07) is 1.79. The van der Waals surface area contributed by atoms with Crippen molar-refractivity contribution in [1.82, 2.24) is 16.0 Å². The molecule has 0 radical (unpaired) electrons. The van der Waals surface area contributed by atoms with Gasteiger partial charge in [0, 0.05) is 7.05 Å². The molecule has 0 aliphatic carbocycles. The Morgan fingerprint density at radius 1 is 1.58 bits per heavy atom. The van der Waals surface area contributed by atoms with E-state index < -0.39 is 0 Å². The van der Waals surface area contributed by atoms with E-state index in [0.717, 1.165) is 0 Å². The Labute approximate surface area is 76.1 Å². The van der Waals surface area contributed by atoms with Gasteiger partial charge in [-0.15, -0.1) is 0 Å². The molecule has 0 aromatic carbocycles. The minimum absolute atomic E-state index is 0.0207. The largest absolute Gasteiger partial charge is 0.366 e. The third-order valence-corrected chi connectivity index (χ3v) is 1.35. The van der Waals surface area contributed by atoms with E-state index >= 15 is 0 Å². The molecule has 0 fully saturated rings. The van der Waals surface area contributed by atoms with E-state index in [1.165, 1.54) is 0 Å². The normalized spacial score (nSPS) is 8.00. The van der Waals surface area contributed by atoms with Crippen molar-refractivity contribution in [2.24, 2.45) is 0 Å². The SMILES string of the molecule is CNC(=S)NCC(=O)NCC#N. The van der Waals surface area contributed by atoms with Crippen molar-refractivity contribution in [1.29, 1.82) is 5.26 Å². The lowest BCUT2D eigenvalue weighted by Crippen LogP contribution is -2.40. The molecule has 0 atom stereocenters. The lowest BCUT2D eigenvalue weighted by atomic mass is 10.5. The first-order chi connectivity index (χ1) is 5.70. The summed E-state index contributed by atoms with van der Waals surface area (Å²) in [6.45, 7) is 0.105. The predicted molar refractivity (Wildman–Crippen MR) is 48.3 cm³/mol. The number of carbonyl (C=O) groups is 1. The predicted octanol–water partition coefficient (Wildman–Crippen LogP) is -1.28. The fourth-order valence-electron chi connectivity index (χ4n) is 0.450. The fourth-order valence-corrected chi connectivity index (χ4v) is 0.522. The summed E-state index contributed by atoms with van der Waals surface area (Å²) in [5.41, 5.74) is 0. The van der Waals surface area contributed by atoms with Crippen molar-refractivity contribution in [3.63, 3.8) is 0 Å². The molecule has 0 saturated carbocycles. The number of nitrogens with one attached hydrogen (secondary N) is 3. The summed E-state index contributed by atoms with van der Waals surface area (Å²) >= 11 is 4.72. The number of rotatable bonds is 3. The van der Waals surface area contributed by atoms with E-state index in [0.29, 0.717) is 5.11 Å². The van der Waals surface area contributed by atoms with Crippen LogP contribution in [0.5, 0.6) is 0 Å². The molecule has 0 unspecified atom stereocenters. The Balaban J connectivity index is 3.45. The standard InChI is InChI=1S/C6H10N4OS/c1-8-6(12)10-4-5(11)9-3-2-7/h3-4H2,1H3,(H,9,11)(H2,8,10,12). The molecule has 0 rings (SSSR count). The highest BCUT2D eigenvalue weighted by Crippen LogP contribution is 1.65. The number of amides is 1. The number of nitrogens with zero attached hydrogens (tertiary/aromatic N) is 1. The van der Waals surface area contributed by atoms with Crippen LogP contribution in [0, 0.1) is 11.3 Å². The van der Waals surface area contributed by atoms with Crippen molar-refractivity contribution in [3.05, 3.63) is 0 Å². The van der Waals surface area contributed by atoms with Gasteiger partial charge in [0.1, 0.15) is 6.54 Å².